The van der Waals surface area contributed by atoms with Gasteiger partial charge in [-0.25, -0.2) is 8.42 Å². The third-order valence-electron chi connectivity index (χ3n) is 5.17. The van der Waals surface area contributed by atoms with Crippen LogP contribution >= 0.6 is 0 Å². The van der Waals surface area contributed by atoms with Gasteiger partial charge in [0, 0.05) is 24.2 Å². The average Bonchev–Trinajstić information content (AvgIpc) is 2.82. The maximum Gasteiger partial charge on any atom is 0.232 e. The molecule has 0 radical (unpaired) electrons. The van der Waals surface area contributed by atoms with Gasteiger partial charge in [0.15, 0.2) is 5.78 Å². The van der Waals surface area contributed by atoms with Crippen molar-refractivity contribution in [2.24, 2.45) is 0 Å². The number of sulfonamides is 1. The Morgan fingerprint density at radius 3 is 2.33 bits per heavy atom. The van der Waals surface area contributed by atoms with E-state index in [0.29, 0.717) is 42.8 Å². The molecule has 0 bridgehead atoms. The van der Waals surface area contributed by atoms with Crippen molar-refractivity contribution in [3.05, 3.63) is 83.1 Å². The minimum Gasteiger partial charge on any atom is -0.364 e. The molecule has 0 aliphatic heterocycles. The molecule has 2 aromatic rings. The quantitative estimate of drug-likeness (QED) is 0.201. The van der Waals surface area contributed by atoms with E-state index >= 15 is 0 Å². The normalized spacial score (nSPS) is 11.9. The molecule has 6 nitrogen and oxygen atoms in total. The molecule has 0 fully saturated rings. The van der Waals surface area contributed by atoms with Crippen LogP contribution in [0.25, 0.3) is 6.08 Å². The van der Waals surface area contributed by atoms with Gasteiger partial charge < -0.3 is 4.90 Å². The molecular formula is C26H31N3O3S. The Morgan fingerprint density at radius 2 is 1.70 bits per heavy atom. The molecule has 0 amide bonds. The van der Waals surface area contributed by atoms with Gasteiger partial charge in [-0.05, 0) is 57.4 Å². The number of carbonyl (C=O) groups is 1. The number of rotatable bonds is 12. The number of allylic oxidation sites excluding steroid dienone is 3. The highest BCUT2D eigenvalue weighted by atomic mass is 32.2. The number of nitrogens with zero attached hydrogens (tertiary/aromatic N) is 2. The van der Waals surface area contributed by atoms with Crippen LogP contribution in [0.4, 0.5) is 5.69 Å². The Kier molecular flexibility index (Phi) is 9.89. The smallest absolute Gasteiger partial charge is 0.232 e. The summed E-state index contributed by atoms with van der Waals surface area (Å²) in [5, 5.41) is 9.62. The van der Waals surface area contributed by atoms with Gasteiger partial charge in [0.25, 0.3) is 0 Å². The van der Waals surface area contributed by atoms with Crippen LogP contribution in [0, 0.1) is 11.3 Å². The summed E-state index contributed by atoms with van der Waals surface area (Å²) in [5.41, 5.74) is 1.98. The second-order valence-corrected chi connectivity index (χ2v) is 9.25. The molecule has 2 rings (SSSR count). The first kappa shape index (κ1) is 25.9. The Balaban J connectivity index is 2.40. The number of nitriles is 1. The summed E-state index contributed by atoms with van der Waals surface area (Å²) in [4.78, 5) is 15.4. The number of carbonyl (C=O) groups excluding carboxylic acids is 1. The van der Waals surface area contributed by atoms with Crippen molar-refractivity contribution in [3.8, 4) is 6.07 Å². The SMILES string of the molecule is CC=CCCCS(=O)(=O)Nc1ccccc1C(=O)c1ccccc1C=C(C#N)N(CC)CC. The van der Waals surface area contributed by atoms with Crippen LogP contribution < -0.4 is 4.72 Å². The predicted molar refractivity (Wildman–Crippen MR) is 134 cm³/mol. The van der Waals surface area contributed by atoms with Gasteiger partial charge in [0.05, 0.1) is 11.4 Å². The molecular weight excluding hydrogens is 434 g/mol. The summed E-state index contributed by atoms with van der Waals surface area (Å²) in [7, 11) is -3.60. The summed E-state index contributed by atoms with van der Waals surface area (Å²) >= 11 is 0. The zero-order chi connectivity index (χ0) is 24.3. The molecule has 33 heavy (non-hydrogen) atoms. The van der Waals surface area contributed by atoms with Crippen molar-refractivity contribution in [1.29, 1.82) is 5.26 Å². The van der Waals surface area contributed by atoms with E-state index in [-0.39, 0.29) is 22.8 Å². The van der Waals surface area contributed by atoms with Gasteiger partial charge in [0.1, 0.15) is 11.8 Å². The number of hydrogen-bond donors (Lipinski definition) is 1. The molecule has 0 heterocycles. The van der Waals surface area contributed by atoms with Crippen molar-refractivity contribution in [2.45, 2.75) is 33.6 Å². The van der Waals surface area contributed by atoms with E-state index in [1.807, 2.05) is 37.8 Å². The van der Waals surface area contributed by atoms with Crippen LogP contribution in [0.1, 0.15) is 55.1 Å². The number of hydrogen-bond acceptors (Lipinski definition) is 5. The second kappa shape index (κ2) is 12.6. The molecule has 0 atom stereocenters. The summed E-state index contributed by atoms with van der Waals surface area (Å²) in [6.45, 7) is 7.16. The lowest BCUT2D eigenvalue weighted by atomic mass is 9.96. The third-order valence-corrected chi connectivity index (χ3v) is 6.53. The van der Waals surface area contributed by atoms with Gasteiger partial charge in [-0.15, -0.1) is 0 Å². The van der Waals surface area contributed by atoms with Crippen molar-refractivity contribution < 1.29 is 13.2 Å². The van der Waals surface area contributed by atoms with E-state index in [2.05, 4.69) is 10.8 Å². The summed E-state index contributed by atoms with van der Waals surface area (Å²) < 4.78 is 27.7. The Labute approximate surface area is 197 Å². The van der Waals surface area contributed by atoms with Crippen LogP contribution in [0.2, 0.25) is 0 Å². The number of para-hydroxylation sites is 1. The molecule has 2 aromatic carbocycles. The van der Waals surface area contributed by atoms with Gasteiger partial charge in [0.2, 0.25) is 10.0 Å². The number of unbranched alkanes of at least 4 members (excludes halogenated alkanes) is 1. The average molecular weight is 466 g/mol. The zero-order valence-electron chi connectivity index (χ0n) is 19.4. The van der Waals surface area contributed by atoms with Crippen LogP contribution in [0.5, 0.6) is 0 Å². The lowest BCUT2D eigenvalue weighted by Gasteiger charge is -2.19. The number of benzene rings is 2. The van der Waals surface area contributed by atoms with Crippen LogP contribution in [0.3, 0.4) is 0 Å². The zero-order valence-corrected chi connectivity index (χ0v) is 20.2. The maximum atomic E-state index is 13.5. The van der Waals surface area contributed by atoms with Crippen LogP contribution in [-0.2, 0) is 10.0 Å². The van der Waals surface area contributed by atoms with E-state index < -0.39 is 10.0 Å². The highest BCUT2D eigenvalue weighted by Crippen LogP contribution is 2.24. The number of anilines is 1. The van der Waals surface area contributed by atoms with Crippen molar-refractivity contribution >= 4 is 27.6 Å². The fourth-order valence-electron chi connectivity index (χ4n) is 3.43. The summed E-state index contributed by atoms with van der Waals surface area (Å²) in [6, 6.07) is 15.8. The molecule has 0 unspecified atom stereocenters. The van der Waals surface area contributed by atoms with Crippen molar-refractivity contribution in [1.82, 2.24) is 4.90 Å². The highest BCUT2D eigenvalue weighted by molar-refractivity contribution is 7.92. The standard InChI is InChI=1S/C26H31N3O3S/c1-4-7-8-13-18-33(31,32)28-25-17-12-11-16-24(25)26(30)23-15-10-9-14-21(23)19-22(20-27)29(5-2)6-3/h4,7,9-12,14-17,19,28H,5-6,8,13,18H2,1-3H3. The Morgan fingerprint density at radius 1 is 1.06 bits per heavy atom. The first-order chi connectivity index (χ1) is 15.9. The van der Waals surface area contributed by atoms with E-state index in [1.54, 1.807) is 54.6 Å². The van der Waals surface area contributed by atoms with E-state index in [0.717, 1.165) is 0 Å². The van der Waals surface area contributed by atoms with Gasteiger partial charge in [-0.1, -0.05) is 48.6 Å². The lowest BCUT2D eigenvalue weighted by Crippen LogP contribution is -2.21. The predicted octanol–water partition coefficient (Wildman–Crippen LogP) is 5.22. The second-order valence-electron chi connectivity index (χ2n) is 7.41. The maximum absolute atomic E-state index is 13.5. The van der Waals surface area contributed by atoms with Gasteiger partial charge in [-0.2, -0.15) is 5.26 Å². The molecule has 0 spiro atoms. The van der Waals surface area contributed by atoms with Crippen LogP contribution in [-0.4, -0.2) is 37.9 Å². The monoisotopic (exact) mass is 465 g/mol. The fourth-order valence-corrected chi connectivity index (χ4v) is 4.59. The molecule has 0 saturated heterocycles. The Hall–Kier alpha value is -3.37. The summed E-state index contributed by atoms with van der Waals surface area (Å²) in [5.74, 6) is -0.347. The molecule has 0 aromatic heterocycles. The topological polar surface area (TPSA) is 90.3 Å². The van der Waals surface area contributed by atoms with Gasteiger partial charge >= 0.3 is 0 Å². The van der Waals surface area contributed by atoms with Gasteiger partial charge in [-0.3, -0.25) is 9.52 Å². The van der Waals surface area contributed by atoms with Crippen LogP contribution in [0.15, 0.2) is 66.4 Å². The molecule has 0 aliphatic rings. The van der Waals surface area contributed by atoms with Crippen molar-refractivity contribution in [3.63, 3.8) is 0 Å². The largest absolute Gasteiger partial charge is 0.364 e. The number of nitrogens with one attached hydrogen (secondary N) is 1. The fraction of sp³-hybridized carbons (Fsp3) is 0.308. The molecule has 174 valence electrons. The minimum absolute atomic E-state index is 0.0331. The highest BCUT2D eigenvalue weighted by Gasteiger charge is 2.19. The molecule has 7 heteroatoms. The van der Waals surface area contributed by atoms with E-state index in [1.165, 1.54) is 0 Å². The lowest BCUT2D eigenvalue weighted by molar-refractivity contribution is 0.103. The third kappa shape index (κ3) is 7.33. The number of ketones is 1. The first-order valence-corrected chi connectivity index (χ1v) is 12.7. The summed E-state index contributed by atoms with van der Waals surface area (Å²) in [6.07, 6.45) is 6.68. The first-order valence-electron chi connectivity index (χ1n) is 11.1. The van der Waals surface area contributed by atoms with E-state index in [9.17, 15) is 18.5 Å². The minimum atomic E-state index is -3.60. The molecule has 0 aliphatic carbocycles. The Bertz CT molecular complexity index is 1160. The molecule has 0 saturated carbocycles. The molecule has 1 N–H and O–H groups in total. The van der Waals surface area contributed by atoms with Crippen molar-refractivity contribution in [2.75, 3.05) is 23.6 Å². The van der Waals surface area contributed by atoms with E-state index in [4.69, 9.17) is 0 Å².